The van der Waals surface area contributed by atoms with Gasteiger partial charge in [-0.25, -0.2) is 0 Å². The number of furan rings is 1. The Morgan fingerprint density at radius 3 is 1.84 bits per heavy atom. The van der Waals surface area contributed by atoms with Crippen LogP contribution < -0.4 is 4.90 Å². The number of hydrogen-bond acceptors (Lipinski definition) is 2. The average Bonchev–Trinajstić information content (AvgIpc) is 3.72. The van der Waals surface area contributed by atoms with Crippen LogP contribution in [-0.2, 0) is 5.41 Å². The highest BCUT2D eigenvalue weighted by atomic mass is 16.3. The topological polar surface area (TPSA) is 16.4 Å². The van der Waals surface area contributed by atoms with Crippen LogP contribution in [0.2, 0.25) is 0 Å². The van der Waals surface area contributed by atoms with Gasteiger partial charge in [0.05, 0.1) is 0 Å². The number of hydrogen-bond donors (Lipinski definition) is 0. The molecule has 1 aliphatic carbocycles. The van der Waals surface area contributed by atoms with E-state index < -0.39 is 0 Å². The first-order valence-corrected chi connectivity index (χ1v) is 19.1. The fraction of sp³-hybridized carbons (Fsp3) is 0.0566. The molecule has 2 nitrogen and oxygen atoms in total. The first-order valence-electron chi connectivity index (χ1n) is 19.1. The molecule has 0 N–H and O–H groups in total. The lowest BCUT2D eigenvalue weighted by Gasteiger charge is -2.28. The summed E-state index contributed by atoms with van der Waals surface area (Å²) in [5, 5.41) is 7.18. The van der Waals surface area contributed by atoms with Crippen molar-refractivity contribution in [1.29, 1.82) is 0 Å². The van der Waals surface area contributed by atoms with E-state index in [0.29, 0.717) is 0 Å². The molecule has 0 unspecified atom stereocenters. The van der Waals surface area contributed by atoms with E-state index in [1.165, 1.54) is 66.1 Å². The molecular formula is C53H37NO. The molecule has 2 heteroatoms. The van der Waals surface area contributed by atoms with Crippen LogP contribution in [0.1, 0.15) is 25.0 Å². The van der Waals surface area contributed by atoms with E-state index in [2.05, 4.69) is 207 Å². The summed E-state index contributed by atoms with van der Waals surface area (Å²) in [5.74, 6) is 0. The fourth-order valence-corrected chi connectivity index (χ4v) is 8.99. The summed E-state index contributed by atoms with van der Waals surface area (Å²) in [5.41, 5.74) is 15.1. The quantitative estimate of drug-likeness (QED) is 0.177. The van der Waals surface area contributed by atoms with Crippen molar-refractivity contribution >= 4 is 60.5 Å². The smallest absolute Gasteiger partial charge is 0.137 e. The first kappa shape index (κ1) is 31.6. The van der Waals surface area contributed by atoms with Crippen molar-refractivity contribution in [1.82, 2.24) is 0 Å². The Hall–Kier alpha value is -6.90. The molecule has 1 heterocycles. The molecule has 0 aliphatic heterocycles. The van der Waals surface area contributed by atoms with Gasteiger partial charge < -0.3 is 9.32 Å². The van der Waals surface area contributed by atoms with Crippen molar-refractivity contribution in [2.24, 2.45) is 0 Å². The van der Waals surface area contributed by atoms with Crippen molar-refractivity contribution in [3.8, 4) is 33.4 Å². The normalized spacial score (nSPS) is 13.1. The van der Waals surface area contributed by atoms with Gasteiger partial charge in [-0.2, -0.15) is 0 Å². The Labute approximate surface area is 320 Å². The minimum atomic E-state index is -0.108. The Morgan fingerprint density at radius 2 is 0.982 bits per heavy atom. The van der Waals surface area contributed by atoms with Gasteiger partial charge in [0.1, 0.15) is 11.2 Å². The molecule has 0 bridgehead atoms. The molecule has 0 fully saturated rings. The maximum atomic E-state index is 6.69. The Balaban J connectivity index is 1.04. The van der Waals surface area contributed by atoms with E-state index in [9.17, 15) is 0 Å². The van der Waals surface area contributed by atoms with Gasteiger partial charge in [0, 0.05) is 39.3 Å². The molecule has 10 aromatic rings. The number of anilines is 3. The molecule has 9 aromatic carbocycles. The van der Waals surface area contributed by atoms with Gasteiger partial charge in [-0.1, -0.05) is 141 Å². The van der Waals surface area contributed by atoms with Crippen molar-refractivity contribution in [3.63, 3.8) is 0 Å². The van der Waals surface area contributed by atoms with Crippen LogP contribution in [-0.4, -0.2) is 0 Å². The SMILES string of the molecule is CC1(C)c2ccccc2-c2ccc(N(c3ccc(-c4ccccc4)cc3)c3ccc4c(c3)oc3ccc5cc(-c6ccc7ccccc7c6)ccc5c34)cc21. The van der Waals surface area contributed by atoms with Crippen LogP contribution in [0.15, 0.2) is 192 Å². The van der Waals surface area contributed by atoms with Gasteiger partial charge in [0.2, 0.25) is 0 Å². The Bertz CT molecular complexity index is 3110. The summed E-state index contributed by atoms with van der Waals surface area (Å²) in [6, 6.07) is 68.4. The lowest BCUT2D eigenvalue weighted by molar-refractivity contribution is 0.660. The second kappa shape index (κ2) is 12.1. The highest BCUT2D eigenvalue weighted by molar-refractivity contribution is 6.19. The third-order valence-corrected chi connectivity index (χ3v) is 11.8. The number of rotatable bonds is 5. The van der Waals surface area contributed by atoms with Crippen LogP contribution in [0.4, 0.5) is 17.1 Å². The molecule has 0 radical (unpaired) electrons. The largest absolute Gasteiger partial charge is 0.456 e. The highest BCUT2D eigenvalue weighted by Crippen LogP contribution is 2.51. The average molecular weight is 704 g/mol. The highest BCUT2D eigenvalue weighted by Gasteiger charge is 2.35. The maximum absolute atomic E-state index is 6.69. The van der Waals surface area contributed by atoms with Gasteiger partial charge in [0.25, 0.3) is 0 Å². The summed E-state index contributed by atoms with van der Waals surface area (Å²) < 4.78 is 6.69. The molecule has 11 rings (SSSR count). The zero-order valence-corrected chi connectivity index (χ0v) is 30.8. The van der Waals surface area contributed by atoms with E-state index >= 15 is 0 Å². The predicted octanol–water partition coefficient (Wildman–Crippen LogP) is 15.0. The zero-order valence-electron chi connectivity index (χ0n) is 30.8. The van der Waals surface area contributed by atoms with Gasteiger partial charge >= 0.3 is 0 Å². The second-order valence-electron chi connectivity index (χ2n) is 15.4. The van der Waals surface area contributed by atoms with Crippen molar-refractivity contribution < 1.29 is 4.42 Å². The third kappa shape index (κ3) is 5.02. The predicted molar refractivity (Wildman–Crippen MR) is 232 cm³/mol. The maximum Gasteiger partial charge on any atom is 0.137 e. The van der Waals surface area contributed by atoms with Crippen molar-refractivity contribution in [3.05, 3.63) is 199 Å². The van der Waals surface area contributed by atoms with E-state index in [-0.39, 0.29) is 5.41 Å². The summed E-state index contributed by atoms with van der Waals surface area (Å²) in [4.78, 5) is 2.37. The minimum absolute atomic E-state index is 0.108. The molecule has 55 heavy (non-hydrogen) atoms. The number of nitrogens with zero attached hydrogens (tertiary/aromatic N) is 1. The van der Waals surface area contributed by atoms with E-state index in [0.717, 1.165) is 39.0 Å². The minimum Gasteiger partial charge on any atom is -0.456 e. The molecule has 1 aromatic heterocycles. The third-order valence-electron chi connectivity index (χ3n) is 11.8. The zero-order chi connectivity index (χ0) is 36.7. The molecule has 0 amide bonds. The summed E-state index contributed by atoms with van der Waals surface area (Å²) in [6.07, 6.45) is 0. The molecular weight excluding hydrogens is 667 g/mol. The Kier molecular flexibility index (Phi) is 6.93. The van der Waals surface area contributed by atoms with Crippen LogP contribution >= 0.6 is 0 Å². The van der Waals surface area contributed by atoms with Crippen LogP contribution in [0, 0.1) is 0 Å². The van der Waals surface area contributed by atoms with E-state index in [1.54, 1.807) is 0 Å². The van der Waals surface area contributed by atoms with Gasteiger partial charge in [-0.15, -0.1) is 0 Å². The molecule has 0 spiro atoms. The van der Waals surface area contributed by atoms with Crippen molar-refractivity contribution in [2.45, 2.75) is 19.3 Å². The van der Waals surface area contributed by atoms with Gasteiger partial charge in [0.15, 0.2) is 0 Å². The van der Waals surface area contributed by atoms with E-state index in [1.807, 2.05) is 0 Å². The lowest BCUT2D eigenvalue weighted by Crippen LogP contribution is -2.16. The van der Waals surface area contributed by atoms with Crippen LogP contribution in [0.25, 0.3) is 76.9 Å². The Morgan fingerprint density at radius 1 is 0.382 bits per heavy atom. The summed E-state index contributed by atoms with van der Waals surface area (Å²) >= 11 is 0. The first-order chi connectivity index (χ1) is 27.0. The molecule has 0 saturated carbocycles. The monoisotopic (exact) mass is 703 g/mol. The fourth-order valence-electron chi connectivity index (χ4n) is 8.99. The van der Waals surface area contributed by atoms with Crippen LogP contribution in [0.5, 0.6) is 0 Å². The standard InChI is InChI=1S/C53H37NO/c1-53(2)48-15-9-8-14-45(48)46-27-24-42(32-49(46)53)54(41-22-18-36(19-23-41)34-10-4-3-5-11-34)43-25-28-47-51(33-43)55-50-29-21-40-31-39(20-26-44(40)52(47)50)38-17-16-35-12-6-7-13-37(35)30-38/h3-33H,1-2H3. The van der Waals surface area contributed by atoms with Gasteiger partial charge in [-0.3, -0.25) is 0 Å². The lowest BCUT2D eigenvalue weighted by atomic mass is 9.82. The van der Waals surface area contributed by atoms with Gasteiger partial charge in [-0.05, 0) is 121 Å². The molecule has 260 valence electrons. The molecule has 1 aliphatic rings. The molecule has 0 atom stereocenters. The second-order valence-corrected chi connectivity index (χ2v) is 15.4. The summed E-state index contributed by atoms with van der Waals surface area (Å²) in [7, 11) is 0. The van der Waals surface area contributed by atoms with Crippen LogP contribution in [0.3, 0.4) is 0 Å². The summed E-state index contributed by atoms with van der Waals surface area (Å²) in [6.45, 7) is 4.69. The number of benzene rings is 9. The van der Waals surface area contributed by atoms with E-state index in [4.69, 9.17) is 4.42 Å². The number of fused-ring (bicyclic) bond motifs is 9. The molecule has 0 saturated heterocycles. The van der Waals surface area contributed by atoms with Crippen molar-refractivity contribution in [2.75, 3.05) is 4.90 Å².